The first-order valence-electron chi connectivity index (χ1n) is 3.88. The summed E-state index contributed by atoms with van der Waals surface area (Å²) in [6, 6.07) is 0. The van der Waals surface area contributed by atoms with Crippen molar-refractivity contribution in [1.29, 1.82) is 0 Å². The van der Waals surface area contributed by atoms with Gasteiger partial charge in [0.25, 0.3) is 0 Å². The van der Waals surface area contributed by atoms with Gasteiger partial charge in [-0.25, -0.2) is 0 Å². The van der Waals surface area contributed by atoms with E-state index in [4.69, 9.17) is 5.73 Å². The highest BCUT2D eigenvalue weighted by molar-refractivity contribution is 5.29. The van der Waals surface area contributed by atoms with Gasteiger partial charge in [0.1, 0.15) is 0 Å². The van der Waals surface area contributed by atoms with Gasteiger partial charge in [-0.15, -0.1) is 0 Å². The maximum Gasteiger partial charge on any atom is 0.0302 e. The average Bonchev–Trinajstić information content (AvgIpc) is 1.95. The number of hydrogen-bond acceptors (Lipinski definition) is 1. The van der Waals surface area contributed by atoms with Crippen LogP contribution in [0.3, 0.4) is 0 Å². The fourth-order valence-electron chi connectivity index (χ4n) is 1.18. The van der Waals surface area contributed by atoms with E-state index in [9.17, 15) is 0 Å². The van der Waals surface area contributed by atoms with Crippen molar-refractivity contribution in [2.45, 2.75) is 26.7 Å². The summed E-state index contributed by atoms with van der Waals surface area (Å²) in [5.74, 6) is 0.684. The molecule has 1 nitrogen and oxygen atoms in total. The van der Waals surface area contributed by atoms with Crippen molar-refractivity contribution in [1.82, 2.24) is 0 Å². The van der Waals surface area contributed by atoms with Gasteiger partial charge in [0, 0.05) is 5.70 Å². The molecule has 56 valence electrons. The van der Waals surface area contributed by atoms with Gasteiger partial charge in [0.15, 0.2) is 0 Å². The number of rotatable bonds is 1. The zero-order valence-corrected chi connectivity index (χ0v) is 6.72. The van der Waals surface area contributed by atoms with Crippen LogP contribution in [0.4, 0.5) is 0 Å². The van der Waals surface area contributed by atoms with Gasteiger partial charge >= 0.3 is 0 Å². The van der Waals surface area contributed by atoms with Crippen molar-refractivity contribution >= 4 is 0 Å². The molecule has 1 heteroatoms. The zero-order valence-electron chi connectivity index (χ0n) is 6.72. The number of allylic oxidation sites excluding steroid dienone is 3. The summed E-state index contributed by atoms with van der Waals surface area (Å²) in [6.45, 7) is 4.26. The minimum atomic E-state index is 0.684. The third kappa shape index (κ3) is 1.41. The second-order valence-corrected chi connectivity index (χ2v) is 2.91. The third-order valence-corrected chi connectivity index (χ3v) is 2.12. The zero-order chi connectivity index (χ0) is 7.56. The molecule has 0 aromatic carbocycles. The summed E-state index contributed by atoms with van der Waals surface area (Å²) in [5, 5.41) is 0. The molecule has 0 radical (unpaired) electrons. The minimum Gasteiger partial charge on any atom is -0.399 e. The Morgan fingerprint density at radius 1 is 1.70 bits per heavy atom. The summed E-state index contributed by atoms with van der Waals surface area (Å²) in [6.07, 6.45) is 6.77. The Kier molecular flexibility index (Phi) is 2.15. The van der Waals surface area contributed by atoms with Crippen molar-refractivity contribution in [3.63, 3.8) is 0 Å². The normalized spacial score (nSPS) is 25.6. The Bertz CT molecular complexity index is 177. The first kappa shape index (κ1) is 7.39. The van der Waals surface area contributed by atoms with Gasteiger partial charge in [0.2, 0.25) is 0 Å². The van der Waals surface area contributed by atoms with Gasteiger partial charge in [-0.05, 0) is 31.3 Å². The Labute approximate surface area is 62.6 Å². The molecule has 0 fully saturated rings. The van der Waals surface area contributed by atoms with E-state index < -0.39 is 0 Å². The Morgan fingerprint density at radius 3 is 2.90 bits per heavy atom. The van der Waals surface area contributed by atoms with E-state index in [0.29, 0.717) is 5.92 Å². The first-order chi connectivity index (χ1) is 4.74. The molecule has 1 unspecified atom stereocenters. The molecule has 1 rings (SSSR count). The van der Waals surface area contributed by atoms with E-state index >= 15 is 0 Å². The van der Waals surface area contributed by atoms with Crippen LogP contribution in [-0.4, -0.2) is 0 Å². The van der Waals surface area contributed by atoms with E-state index in [-0.39, 0.29) is 0 Å². The molecule has 10 heavy (non-hydrogen) atoms. The largest absolute Gasteiger partial charge is 0.399 e. The molecule has 0 saturated carbocycles. The molecule has 0 saturated heterocycles. The fourth-order valence-corrected chi connectivity index (χ4v) is 1.18. The molecule has 0 aromatic rings. The van der Waals surface area contributed by atoms with Crippen LogP contribution >= 0.6 is 0 Å². The molecular formula is C9H15N. The van der Waals surface area contributed by atoms with Crippen LogP contribution in [0.25, 0.3) is 0 Å². The van der Waals surface area contributed by atoms with Crippen LogP contribution in [0.1, 0.15) is 26.7 Å². The molecule has 0 spiro atoms. The lowest BCUT2D eigenvalue weighted by molar-refractivity contribution is 0.623. The number of hydrogen-bond donors (Lipinski definition) is 1. The highest BCUT2D eigenvalue weighted by atomic mass is 14.6. The fraction of sp³-hybridized carbons (Fsp3) is 0.556. The maximum absolute atomic E-state index is 5.74. The van der Waals surface area contributed by atoms with Crippen LogP contribution in [0.2, 0.25) is 0 Å². The predicted octanol–water partition coefficient (Wildman–Crippen LogP) is 2.21. The Morgan fingerprint density at radius 2 is 2.40 bits per heavy atom. The lowest BCUT2D eigenvalue weighted by Crippen LogP contribution is -2.08. The topological polar surface area (TPSA) is 26.0 Å². The molecular weight excluding hydrogens is 122 g/mol. The summed E-state index contributed by atoms with van der Waals surface area (Å²) in [7, 11) is 0. The quantitative estimate of drug-likeness (QED) is 0.589. The van der Waals surface area contributed by atoms with Gasteiger partial charge in [-0.2, -0.15) is 0 Å². The van der Waals surface area contributed by atoms with Crippen LogP contribution in [0, 0.1) is 5.92 Å². The molecule has 2 N–H and O–H groups in total. The molecule has 0 heterocycles. The van der Waals surface area contributed by atoms with Crippen LogP contribution in [0.15, 0.2) is 23.4 Å². The van der Waals surface area contributed by atoms with Gasteiger partial charge in [0.05, 0.1) is 0 Å². The van der Waals surface area contributed by atoms with Crippen molar-refractivity contribution in [2.24, 2.45) is 11.7 Å². The summed E-state index contributed by atoms with van der Waals surface area (Å²) < 4.78 is 0. The molecule has 0 amide bonds. The van der Waals surface area contributed by atoms with Crippen LogP contribution in [0.5, 0.6) is 0 Å². The second kappa shape index (κ2) is 2.91. The third-order valence-electron chi connectivity index (χ3n) is 2.12. The van der Waals surface area contributed by atoms with Gasteiger partial charge < -0.3 is 5.73 Å². The lowest BCUT2D eigenvalue weighted by Gasteiger charge is -2.15. The Balaban J connectivity index is 2.66. The lowest BCUT2D eigenvalue weighted by atomic mass is 9.93. The smallest absolute Gasteiger partial charge is 0.0302 e. The maximum atomic E-state index is 5.74. The van der Waals surface area contributed by atoms with E-state index in [2.05, 4.69) is 26.0 Å². The average molecular weight is 137 g/mol. The van der Waals surface area contributed by atoms with Gasteiger partial charge in [-0.1, -0.05) is 19.1 Å². The molecule has 1 aliphatic rings. The van der Waals surface area contributed by atoms with E-state index in [1.54, 1.807) is 0 Å². The molecule has 1 atom stereocenters. The minimum absolute atomic E-state index is 0.684. The number of nitrogens with two attached hydrogens (primary N) is 1. The van der Waals surface area contributed by atoms with E-state index in [1.807, 2.05) is 0 Å². The van der Waals surface area contributed by atoms with Crippen molar-refractivity contribution in [3.05, 3.63) is 23.4 Å². The highest BCUT2D eigenvalue weighted by Crippen LogP contribution is 2.21. The highest BCUT2D eigenvalue weighted by Gasteiger charge is 2.07. The van der Waals surface area contributed by atoms with E-state index in [1.165, 1.54) is 18.4 Å². The first-order valence-corrected chi connectivity index (χ1v) is 3.88. The van der Waals surface area contributed by atoms with Gasteiger partial charge in [-0.3, -0.25) is 0 Å². The van der Waals surface area contributed by atoms with E-state index in [0.717, 1.165) is 5.70 Å². The van der Waals surface area contributed by atoms with Crippen LogP contribution < -0.4 is 5.73 Å². The van der Waals surface area contributed by atoms with Crippen molar-refractivity contribution < 1.29 is 0 Å². The summed E-state index contributed by atoms with van der Waals surface area (Å²) in [5.41, 5.74) is 7.95. The van der Waals surface area contributed by atoms with Crippen molar-refractivity contribution in [3.8, 4) is 0 Å². The molecule has 0 aliphatic heterocycles. The van der Waals surface area contributed by atoms with Crippen molar-refractivity contribution in [2.75, 3.05) is 0 Å². The van der Waals surface area contributed by atoms with Crippen LogP contribution in [-0.2, 0) is 0 Å². The monoisotopic (exact) mass is 137 g/mol. The molecule has 1 aliphatic carbocycles. The summed E-state index contributed by atoms with van der Waals surface area (Å²) >= 11 is 0. The SMILES string of the molecule is CCC1C=C(N)C(C)=CC1. The molecule has 0 bridgehead atoms. The standard InChI is InChI=1S/C9H15N/c1-3-8-5-4-7(2)9(10)6-8/h4,6,8H,3,5,10H2,1-2H3. The summed E-state index contributed by atoms with van der Waals surface area (Å²) in [4.78, 5) is 0. The Hall–Kier alpha value is -0.720. The predicted molar refractivity (Wildman–Crippen MR) is 44.4 cm³/mol. The second-order valence-electron chi connectivity index (χ2n) is 2.91. The molecule has 0 aromatic heterocycles.